The molecule has 0 radical (unpaired) electrons. The van der Waals surface area contributed by atoms with E-state index in [2.05, 4.69) is 10.4 Å². The zero-order chi connectivity index (χ0) is 15.3. The summed E-state index contributed by atoms with van der Waals surface area (Å²) in [7, 11) is -1.38. The molecule has 0 aliphatic heterocycles. The molecule has 0 aromatic carbocycles. The third kappa shape index (κ3) is 4.48. The van der Waals surface area contributed by atoms with Crippen molar-refractivity contribution in [2.75, 3.05) is 23.9 Å². The first-order chi connectivity index (χ1) is 9.26. The van der Waals surface area contributed by atoms with Crippen LogP contribution in [0.1, 0.15) is 25.5 Å². The summed E-state index contributed by atoms with van der Waals surface area (Å²) in [6, 6.07) is 0. The molecule has 1 aromatic heterocycles. The molecule has 1 rings (SSSR count). The maximum atomic E-state index is 11.1. The molecule has 0 bridgehead atoms. The molecule has 20 heavy (non-hydrogen) atoms. The molecule has 1 N–H and O–H groups in total. The van der Waals surface area contributed by atoms with Crippen LogP contribution in [-0.2, 0) is 23.3 Å². The van der Waals surface area contributed by atoms with Gasteiger partial charge in [-0.15, -0.1) is 0 Å². The fourth-order valence-corrected chi connectivity index (χ4v) is 2.57. The van der Waals surface area contributed by atoms with Gasteiger partial charge in [-0.2, -0.15) is 5.10 Å². The summed E-state index contributed by atoms with van der Waals surface area (Å²) in [5, 5.41) is 18.2. The Balaban J connectivity index is 2.81. The van der Waals surface area contributed by atoms with Crippen LogP contribution < -0.4 is 5.32 Å². The SMILES string of the molecule is CCCc1nn(C)c(NCCCS(C)(=O)=O)c1[N+](=O)[O-]. The van der Waals surface area contributed by atoms with Crippen molar-refractivity contribution in [3.05, 3.63) is 15.8 Å². The summed E-state index contributed by atoms with van der Waals surface area (Å²) in [5.41, 5.74) is 0.430. The molecule has 0 aliphatic carbocycles. The van der Waals surface area contributed by atoms with Gasteiger partial charge in [0, 0.05) is 19.8 Å². The molecule has 9 heteroatoms. The van der Waals surface area contributed by atoms with Crippen molar-refractivity contribution in [3.63, 3.8) is 0 Å². The van der Waals surface area contributed by atoms with E-state index in [0.717, 1.165) is 6.42 Å². The standard InChI is InChI=1S/C11H20N4O4S/c1-4-6-9-10(15(16)17)11(14(2)13-9)12-7-5-8-20(3,18)19/h12H,4-8H2,1-3H3. The van der Waals surface area contributed by atoms with Crippen molar-refractivity contribution in [2.45, 2.75) is 26.2 Å². The van der Waals surface area contributed by atoms with E-state index >= 15 is 0 Å². The van der Waals surface area contributed by atoms with E-state index < -0.39 is 14.8 Å². The molecular formula is C11H20N4O4S. The maximum absolute atomic E-state index is 11.1. The van der Waals surface area contributed by atoms with Gasteiger partial charge in [-0.1, -0.05) is 13.3 Å². The number of hydrogen-bond acceptors (Lipinski definition) is 6. The first-order valence-corrected chi connectivity index (χ1v) is 8.44. The summed E-state index contributed by atoms with van der Waals surface area (Å²) >= 11 is 0. The predicted molar refractivity (Wildman–Crippen MR) is 76.7 cm³/mol. The monoisotopic (exact) mass is 304 g/mol. The van der Waals surface area contributed by atoms with Crippen molar-refractivity contribution < 1.29 is 13.3 Å². The van der Waals surface area contributed by atoms with Gasteiger partial charge in [-0.3, -0.25) is 10.1 Å². The van der Waals surface area contributed by atoms with E-state index in [1.165, 1.54) is 10.9 Å². The van der Waals surface area contributed by atoms with E-state index in [1.54, 1.807) is 7.05 Å². The number of aromatic nitrogens is 2. The highest BCUT2D eigenvalue weighted by Crippen LogP contribution is 2.28. The predicted octanol–water partition coefficient (Wildman–Crippen LogP) is 1.13. The molecule has 114 valence electrons. The quantitative estimate of drug-likeness (QED) is 0.438. The van der Waals surface area contributed by atoms with Crippen LogP contribution in [0, 0.1) is 10.1 Å². The van der Waals surface area contributed by atoms with Gasteiger partial charge in [0.1, 0.15) is 15.5 Å². The van der Waals surface area contributed by atoms with Gasteiger partial charge in [0.25, 0.3) is 0 Å². The van der Waals surface area contributed by atoms with Crippen LogP contribution in [0.3, 0.4) is 0 Å². The average Bonchev–Trinajstić information content (AvgIpc) is 2.60. The number of rotatable bonds is 8. The van der Waals surface area contributed by atoms with Crippen molar-refractivity contribution in [1.29, 1.82) is 0 Å². The first kappa shape index (κ1) is 16.4. The Labute approximate surface area is 118 Å². The third-order valence-corrected chi connectivity index (χ3v) is 3.78. The summed E-state index contributed by atoms with van der Waals surface area (Å²) in [6.45, 7) is 2.27. The lowest BCUT2D eigenvalue weighted by molar-refractivity contribution is -0.384. The van der Waals surface area contributed by atoms with Gasteiger partial charge in [0.15, 0.2) is 0 Å². The van der Waals surface area contributed by atoms with E-state index in [1.807, 2.05) is 6.92 Å². The molecular weight excluding hydrogens is 284 g/mol. The van der Waals surface area contributed by atoms with Gasteiger partial charge >= 0.3 is 5.69 Å². The zero-order valence-electron chi connectivity index (χ0n) is 11.9. The minimum absolute atomic E-state index is 0.0197. The maximum Gasteiger partial charge on any atom is 0.333 e. The van der Waals surface area contributed by atoms with Gasteiger partial charge in [0.2, 0.25) is 5.82 Å². The molecule has 1 aromatic rings. The summed E-state index contributed by atoms with van der Waals surface area (Å²) in [4.78, 5) is 10.7. The highest BCUT2D eigenvalue weighted by atomic mass is 32.2. The van der Waals surface area contributed by atoms with E-state index in [4.69, 9.17) is 0 Å². The average molecular weight is 304 g/mol. The molecule has 0 atom stereocenters. The Kier molecular flexibility index (Phi) is 5.49. The Morgan fingerprint density at radius 3 is 2.60 bits per heavy atom. The van der Waals surface area contributed by atoms with Gasteiger partial charge in [-0.25, -0.2) is 13.1 Å². The first-order valence-electron chi connectivity index (χ1n) is 6.38. The van der Waals surface area contributed by atoms with Crippen LogP contribution in [0.2, 0.25) is 0 Å². The second kappa shape index (κ2) is 6.69. The summed E-state index contributed by atoms with van der Waals surface area (Å²) in [5.74, 6) is 0.375. The lowest BCUT2D eigenvalue weighted by Gasteiger charge is -2.05. The van der Waals surface area contributed by atoms with Crippen molar-refractivity contribution >= 4 is 21.3 Å². The van der Waals surface area contributed by atoms with Crippen LogP contribution in [0.25, 0.3) is 0 Å². The topological polar surface area (TPSA) is 107 Å². The molecule has 0 saturated heterocycles. The second-order valence-corrected chi connectivity index (χ2v) is 6.94. The van der Waals surface area contributed by atoms with Crippen molar-refractivity contribution in [1.82, 2.24) is 9.78 Å². The lowest BCUT2D eigenvalue weighted by Crippen LogP contribution is -2.12. The third-order valence-electron chi connectivity index (χ3n) is 2.75. The second-order valence-electron chi connectivity index (χ2n) is 4.68. The summed E-state index contributed by atoms with van der Waals surface area (Å²) < 4.78 is 23.5. The fourth-order valence-electron chi connectivity index (χ4n) is 1.90. The number of nitro groups is 1. The Bertz CT molecular complexity index is 579. The Morgan fingerprint density at radius 2 is 2.10 bits per heavy atom. The molecule has 0 unspecified atom stereocenters. The van der Waals surface area contributed by atoms with Crippen LogP contribution >= 0.6 is 0 Å². The molecule has 0 saturated carbocycles. The normalized spacial score (nSPS) is 11.6. The number of nitrogens with one attached hydrogen (secondary N) is 1. The Morgan fingerprint density at radius 1 is 1.45 bits per heavy atom. The number of hydrogen-bond donors (Lipinski definition) is 1. The molecule has 0 spiro atoms. The molecule has 0 fully saturated rings. The van der Waals surface area contributed by atoms with Crippen molar-refractivity contribution in [3.8, 4) is 0 Å². The Hall–Kier alpha value is -1.64. The van der Waals surface area contributed by atoms with Gasteiger partial charge in [0.05, 0.1) is 10.7 Å². The molecule has 0 amide bonds. The number of nitrogens with zero attached hydrogens (tertiary/aromatic N) is 3. The molecule has 0 aliphatic rings. The van der Waals surface area contributed by atoms with E-state index in [0.29, 0.717) is 30.9 Å². The molecule has 8 nitrogen and oxygen atoms in total. The highest BCUT2D eigenvalue weighted by molar-refractivity contribution is 7.90. The number of aryl methyl sites for hydroxylation is 2. The van der Waals surface area contributed by atoms with Gasteiger partial charge in [-0.05, 0) is 12.8 Å². The van der Waals surface area contributed by atoms with E-state index in [9.17, 15) is 18.5 Å². The number of sulfone groups is 1. The molecule has 1 heterocycles. The lowest BCUT2D eigenvalue weighted by atomic mass is 10.2. The smallest absolute Gasteiger partial charge is 0.333 e. The minimum atomic E-state index is -3.01. The van der Waals surface area contributed by atoms with Crippen LogP contribution in [0.4, 0.5) is 11.5 Å². The van der Waals surface area contributed by atoms with Gasteiger partial charge < -0.3 is 5.32 Å². The number of anilines is 1. The fraction of sp³-hybridized carbons (Fsp3) is 0.727. The van der Waals surface area contributed by atoms with Crippen LogP contribution in [0.5, 0.6) is 0 Å². The van der Waals surface area contributed by atoms with Crippen LogP contribution in [-0.4, -0.2) is 41.7 Å². The largest absolute Gasteiger partial charge is 0.365 e. The zero-order valence-corrected chi connectivity index (χ0v) is 12.7. The minimum Gasteiger partial charge on any atom is -0.365 e. The van der Waals surface area contributed by atoms with E-state index in [-0.39, 0.29) is 11.4 Å². The highest BCUT2D eigenvalue weighted by Gasteiger charge is 2.25. The van der Waals surface area contributed by atoms with Crippen molar-refractivity contribution in [2.24, 2.45) is 7.05 Å². The van der Waals surface area contributed by atoms with Crippen LogP contribution in [0.15, 0.2) is 0 Å². The summed E-state index contributed by atoms with van der Waals surface area (Å²) in [6.07, 6.45) is 2.86.